The number of aromatic nitrogens is 1. The van der Waals surface area contributed by atoms with E-state index in [1.165, 1.54) is 21.8 Å². The van der Waals surface area contributed by atoms with Crippen molar-refractivity contribution in [3.63, 3.8) is 0 Å². The number of nitro groups is 1. The van der Waals surface area contributed by atoms with Gasteiger partial charge in [-0.3, -0.25) is 10.1 Å². The second-order valence-corrected chi connectivity index (χ2v) is 8.87. The fourth-order valence-corrected chi connectivity index (χ4v) is 5.30. The fourth-order valence-electron chi connectivity index (χ4n) is 5.12. The molecule has 0 spiro atoms. The molecule has 0 saturated heterocycles. The van der Waals surface area contributed by atoms with E-state index in [0.717, 1.165) is 23.2 Å². The standard InChI is InChI=1S/C27H20ClN3O2/c28-18-11-14-23-22(15-18)27(16-24(29-23)17-9-12-19(13-10-17)31(32)33)30-25-7-3-1-5-20(25)21-6-2-4-8-26(21)30/h1-15,24,27,29H,16H2/t24-,27+/m0/s1. The summed E-state index contributed by atoms with van der Waals surface area (Å²) in [5.41, 5.74) is 5.65. The molecule has 2 atom stereocenters. The smallest absolute Gasteiger partial charge is 0.269 e. The van der Waals surface area contributed by atoms with Gasteiger partial charge in [-0.2, -0.15) is 0 Å². The van der Waals surface area contributed by atoms with Crippen molar-refractivity contribution < 1.29 is 4.92 Å². The van der Waals surface area contributed by atoms with Gasteiger partial charge in [0, 0.05) is 44.6 Å². The Balaban J connectivity index is 1.55. The van der Waals surface area contributed by atoms with Gasteiger partial charge in [0.15, 0.2) is 0 Å². The molecule has 0 radical (unpaired) electrons. The molecular formula is C27H20ClN3O2. The van der Waals surface area contributed by atoms with Crippen LogP contribution in [0.3, 0.4) is 0 Å². The van der Waals surface area contributed by atoms with Crippen LogP contribution in [0.4, 0.5) is 11.4 Å². The van der Waals surface area contributed by atoms with Crippen LogP contribution in [0.15, 0.2) is 91.0 Å². The number of hydrogen-bond acceptors (Lipinski definition) is 3. The van der Waals surface area contributed by atoms with Gasteiger partial charge in [0.25, 0.3) is 5.69 Å². The van der Waals surface area contributed by atoms with Crippen LogP contribution in [0, 0.1) is 10.1 Å². The number of fused-ring (bicyclic) bond motifs is 4. The van der Waals surface area contributed by atoms with Crippen molar-refractivity contribution in [2.45, 2.75) is 18.5 Å². The third kappa shape index (κ3) is 3.24. The number of benzene rings is 4. The van der Waals surface area contributed by atoms with E-state index in [-0.39, 0.29) is 22.7 Å². The van der Waals surface area contributed by atoms with Gasteiger partial charge >= 0.3 is 0 Å². The molecule has 1 N–H and O–H groups in total. The summed E-state index contributed by atoms with van der Waals surface area (Å²) in [5, 5.41) is 17.9. The molecular weight excluding hydrogens is 434 g/mol. The molecule has 0 unspecified atom stereocenters. The molecule has 33 heavy (non-hydrogen) atoms. The average Bonchev–Trinajstić information content (AvgIpc) is 3.18. The summed E-state index contributed by atoms with van der Waals surface area (Å²) in [4.78, 5) is 10.7. The van der Waals surface area contributed by atoms with Crippen molar-refractivity contribution in [1.29, 1.82) is 0 Å². The highest BCUT2D eigenvalue weighted by atomic mass is 35.5. The van der Waals surface area contributed by atoms with Gasteiger partial charge in [-0.25, -0.2) is 0 Å². The number of anilines is 1. The molecule has 162 valence electrons. The highest BCUT2D eigenvalue weighted by molar-refractivity contribution is 6.30. The van der Waals surface area contributed by atoms with Crippen molar-refractivity contribution >= 4 is 44.8 Å². The minimum Gasteiger partial charge on any atom is -0.378 e. The van der Waals surface area contributed by atoms with Crippen molar-refractivity contribution in [2.24, 2.45) is 0 Å². The molecule has 0 bridgehead atoms. The highest BCUT2D eigenvalue weighted by Gasteiger charge is 2.31. The number of non-ortho nitro benzene ring substituents is 1. The predicted molar refractivity (Wildman–Crippen MR) is 133 cm³/mol. The van der Waals surface area contributed by atoms with Gasteiger partial charge in [-0.1, -0.05) is 60.1 Å². The van der Waals surface area contributed by atoms with E-state index in [1.807, 2.05) is 30.3 Å². The Bertz CT molecular complexity index is 1470. The lowest BCUT2D eigenvalue weighted by atomic mass is 9.89. The normalized spacial score (nSPS) is 17.6. The summed E-state index contributed by atoms with van der Waals surface area (Å²) in [6, 6.07) is 29.8. The largest absolute Gasteiger partial charge is 0.378 e. The summed E-state index contributed by atoms with van der Waals surface area (Å²) < 4.78 is 2.42. The Labute approximate surface area is 195 Å². The Morgan fingerprint density at radius 2 is 1.52 bits per heavy atom. The van der Waals surface area contributed by atoms with Crippen LogP contribution in [0.25, 0.3) is 21.8 Å². The van der Waals surface area contributed by atoms with Crippen LogP contribution < -0.4 is 5.32 Å². The fraction of sp³-hybridized carbons (Fsp3) is 0.111. The average molecular weight is 454 g/mol. The van der Waals surface area contributed by atoms with E-state index in [9.17, 15) is 10.1 Å². The maximum absolute atomic E-state index is 11.1. The number of halogens is 1. The van der Waals surface area contributed by atoms with Crippen LogP contribution >= 0.6 is 11.6 Å². The minimum atomic E-state index is -0.365. The summed E-state index contributed by atoms with van der Waals surface area (Å²) in [6.07, 6.45) is 0.786. The molecule has 2 heterocycles. The van der Waals surface area contributed by atoms with E-state index >= 15 is 0 Å². The first-order chi connectivity index (χ1) is 16.1. The van der Waals surface area contributed by atoms with E-state index in [2.05, 4.69) is 58.4 Å². The molecule has 0 aliphatic carbocycles. The maximum atomic E-state index is 11.1. The van der Waals surface area contributed by atoms with Crippen molar-refractivity contribution in [1.82, 2.24) is 4.57 Å². The first-order valence-electron chi connectivity index (χ1n) is 10.9. The van der Waals surface area contributed by atoms with Crippen LogP contribution in [0.5, 0.6) is 0 Å². The molecule has 0 amide bonds. The van der Waals surface area contributed by atoms with Crippen LogP contribution in [-0.4, -0.2) is 9.49 Å². The van der Waals surface area contributed by atoms with E-state index in [1.54, 1.807) is 12.1 Å². The van der Waals surface area contributed by atoms with Crippen LogP contribution in [-0.2, 0) is 0 Å². The monoisotopic (exact) mass is 453 g/mol. The third-order valence-corrected chi connectivity index (χ3v) is 6.83. The van der Waals surface area contributed by atoms with Gasteiger partial charge in [-0.15, -0.1) is 0 Å². The Morgan fingerprint density at radius 1 is 0.879 bits per heavy atom. The summed E-state index contributed by atoms with van der Waals surface area (Å²) >= 11 is 6.44. The first kappa shape index (κ1) is 19.8. The number of nitrogens with one attached hydrogen (secondary N) is 1. The Kier molecular flexibility index (Phi) is 4.59. The van der Waals surface area contributed by atoms with Gasteiger partial charge in [0.2, 0.25) is 0 Å². The first-order valence-corrected chi connectivity index (χ1v) is 11.3. The molecule has 4 aromatic carbocycles. The molecule has 1 aliphatic rings. The topological polar surface area (TPSA) is 60.1 Å². The lowest BCUT2D eigenvalue weighted by Gasteiger charge is -2.35. The van der Waals surface area contributed by atoms with Crippen LogP contribution in [0.2, 0.25) is 5.02 Å². The zero-order valence-corrected chi connectivity index (χ0v) is 18.4. The van der Waals surface area contributed by atoms with E-state index in [0.29, 0.717) is 5.02 Å². The molecule has 1 aromatic heterocycles. The Hall–Kier alpha value is -3.83. The third-order valence-electron chi connectivity index (χ3n) is 6.60. The van der Waals surface area contributed by atoms with Crippen molar-refractivity contribution in [2.75, 3.05) is 5.32 Å². The second-order valence-electron chi connectivity index (χ2n) is 8.43. The van der Waals surface area contributed by atoms with E-state index < -0.39 is 0 Å². The van der Waals surface area contributed by atoms with E-state index in [4.69, 9.17) is 11.6 Å². The number of nitrogens with zero attached hydrogens (tertiary/aromatic N) is 2. The SMILES string of the molecule is O=[N+]([O-])c1ccc([C@@H]2C[C@@H](n3c4ccccc4c4ccccc43)c3cc(Cl)ccc3N2)cc1. The lowest BCUT2D eigenvalue weighted by molar-refractivity contribution is -0.384. The van der Waals surface area contributed by atoms with Gasteiger partial charge < -0.3 is 9.88 Å². The van der Waals surface area contributed by atoms with Crippen molar-refractivity contribution in [3.8, 4) is 0 Å². The summed E-state index contributed by atoms with van der Waals surface area (Å²) in [5.74, 6) is 0. The Morgan fingerprint density at radius 3 is 2.15 bits per heavy atom. The number of rotatable bonds is 3. The zero-order chi connectivity index (χ0) is 22.5. The zero-order valence-electron chi connectivity index (χ0n) is 17.6. The summed E-state index contributed by atoms with van der Waals surface area (Å²) in [6.45, 7) is 0. The molecule has 0 fully saturated rings. The van der Waals surface area contributed by atoms with Crippen LogP contribution in [0.1, 0.15) is 29.6 Å². The van der Waals surface area contributed by atoms with Gasteiger partial charge in [0.1, 0.15) is 0 Å². The van der Waals surface area contributed by atoms with Gasteiger partial charge in [-0.05, 0) is 47.9 Å². The molecule has 1 aliphatic heterocycles. The lowest BCUT2D eigenvalue weighted by Crippen LogP contribution is -2.25. The molecule has 6 rings (SSSR count). The molecule has 5 nitrogen and oxygen atoms in total. The van der Waals surface area contributed by atoms with Crippen molar-refractivity contribution in [3.05, 3.63) is 117 Å². The quantitative estimate of drug-likeness (QED) is 0.227. The summed E-state index contributed by atoms with van der Waals surface area (Å²) in [7, 11) is 0. The van der Waals surface area contributed by atoms with Gasteiger partial charge in [0.05, 0.1) is 17.0 Å². The minimum absolute atomic E-state index is 0.00408. The highest BCUT2D eigenvalue weighted by Crippen LogP contribution is 2.45. The molecule has 6 heteroatoms. The molecule has 0 saturated carbocycles. The number of hydrogen-bond donors (Lipinski definition) is 1. The number of para-hydroxylation sites is 2. The second kappa shape index (κ2) is 7.64. The maximum Gasteiger partial charge on any atom is 0.269 e. The predicted octanol–water partition coefficient (Wildman–Crippen LogP) is 7.50. The number of nitro benzene ring substituents is 1. The molecule has 5 aromatic rings.